The SMILES string of the molecule is N#Cc1ccc(COC(=O)C(c2ccccc2)c2ccccc2)cc1. The first-order valence-corrected chi connectivity index (χ1v) is 8.03. The molecule has 0 aromatic heterocycles. The van der Waals surface area contributed by atoms with Crippen LogP contribution in [0.5, 0.6) is 0 Å². The number of nitrogens with zero attached hydrogens (tertiary/aromatic N) is 1. The fourth-order valence-electron chi connectivity index (χ4n) is 2.67. The Morgan fingerprint density at radius 1 is 0.840 bits per heavy atom. The van der Waals surface area contributed by atoms with E-state index in [2.05, 4.69) is 6.07 Å². The summed E-state index contributed by atoms with van der Waals surface area (Å²) in [5.74, 6) is -0.748. The lowest BCUT2D eigenvalue weighted by atomic mass is 9.91. The molecule has 0 heterocycles. The van der Waals surface area contributed by atoms with Crippen molar-refractivity contribution >= 4 is 5.97 Å². The highest BCUT2D eigenvalue weighted by Gasteiger charge is 2.24. The number of rotatable bonds is 5. The van der Waals surface area contributed by atoms with Gasteiger partial charge in [-0.3, -0.25) is 4.79 Å². The quantitative estimate of drug-likeness (QED) is 0.651. The Kier molecular flexibility index (Phi) is 5.23. The largest absolute Gasteiger partial charge is 0.460 e. The Balaban J connectivity index is 1.79. The third kappa shape index (κ3) is 4.13. The molecule has 25 heavy (non-hydrogen) atoms. The summed E-state index contributed by atoms with van der Waals surface area (Å²) < 4.78 is 5.55. The zero-order valence-corrected chi connectivity index (χ0v) is 13.6. The van der Waals surface area contributed by atoms with Crippen molar-refractivity contribution in [3.8, 4) is 6.07 Å². The third-order valence-electron chi connectivity index (χ3n) is 3.97. The van der Waals surface area contributed by atoms with E-state index in [9.17, 15) is 4.79 Å². The van der Waals surface area contributed by atoms with Crippen molar-refractivity contribution in [2.45, 2.75) is 12.5 Å². The topological polar surface area (TPSA) is 50.1 Å². The van der Waals surface area contributed by atoms with Crippen LogP contribution in [0.2, 0.25) is 0 Å². The number of esters is 1. The monoisotopic (exact) mass is 327 g/mol. The number of nitriles is 1. The lowest BCUT2D eigenvalue weighted by molar-refractivity contribution is -0.145. The smallest absolute Gasteiger partial charge is 0.318 e. The van der Waals surface area contributed by atoms with E-state index >= 15 is 0 Å². The van der Waals surface area contributed by atoms with Crippen LogP contribution in [-0.4, -0.2) is 5.97 Å². The summed E-state index contributed by atoms with van der Waals surface area (Å²) in [6, 6.07) is 28.3. The first kappa shape index (κ1) is 16.5. The van der Waals surface area contributed by atoms with Gasteiger partial charge in [0.05, 0.1) is 11.6 Å². The van der Waals surface area contributed by atoms with Crippen molar-refractivity contribution in [3.63, 3.8) is 0 Å². The number of hydrogen-bond acceptors (Lipinski definition) is 3. The van der Waals surface area contributed by atoms with Gasteiger partial charge in [0.15, 0.2) is 0 Å². The second kappa shape index (κ2) is 7.94. The molecule has 3 aromatic carbocycles. The lowest BCUT2D eigenvalue weighted by Gasteiger charge is -2.17. The summed E-state index contributed by atoms with van der Waals surface area (Å²) in [6.07, 6.45) is 0. The average Bonchev–Trinajstić information content (AvgIpc) is 2.69. The lowest BCUT2D eigenvalue weighted by Crippen LogP contribution is -2.17. The standard InChI is InChI=1S/C22H17NO2/c23-15-17-11-13-18(14-12-17)16-25-22(24)21(19-7-3-1-4-8-19)20-9-5-2-6-10-20/h1-14,21H,16H2. The zero-order valence-electron chi connectivity index (χ0n) is 13.6. The Bertz CT molecular complexity index is 826. The molecule has 0 N–H and O–H groups in total. The molecule has 0 atom stereocenters. The molecule has 3 aromatic rings. The minimum absolute atomic E-state index is 0.181. The number of carbonyl (C=O) groups is 1. The van der Waals surface area contributed by atoms with E-state index in [0.717, 1.165) is 16.7 Å². The van der Waals surface area contributed by atoms with E-state index in [1.165, 1.54) is 0 Å². The van der Waals surface area contributed by atoms with Crippen LogP contribution in [0.4, 0.5) is 0 Å². The van der Waals surface area contributed by atoms with Crippen LogP contribution in [0.25, 0.3) is 0 Å². The first-order chi connectivity index (χ1) is 12.3. The van der Waals surface area contributed by atoms with Crippen LogP contribution in [0.3, 0.4) is 0 Å². The fourth-order valence-corrected chi connectivity index (χ4v) is 2.67. The minimum Gasteiger partial charge on any atom is -0.460 e. The van der Waals surface area contributed by atoms with Crippen molar-refractivity contribution in [1.29, 1.82) is 5.26 Å². The van der Waals surface area contributed by atoms with E-state index in [1.807, 2.05) is 60.7 Å². The van der Waals surface area contributed by atoms with Crippen molar-refractivity contribution < 1.29 is 9.53 Å². The molecular formula is C22H17NO2. The Hall–Kier alpha value is -3.38. The van der Waals surface area contributed by atoms with Crippen molar-refractivity contribution in [2.24, 2.45) is 0 Å². The summed E-state index contributed by atoms with van der Waals surface area (Å²) >= 11 is 0. The van der Waals surface area contributed by atoms with E-state index in [1.54, 1.807) is 24.3 Å². The summed E-state index contributed by atoms with van der Waals surface area (Å²) in [5, 5.41) is 8.84. The van der Waals surface area contributed by atoms with Gasteiger partial charge in [0.2, 0.25) is 0 Å². The molecular weight excluding hydrogens is 310 g/mol. The highest BCUT2D eigenvalue weighted by molar-refractivity contribution is 5.82. The Morgan fingerprint density at radius 2 is 1.36 bits per heavy atom. The molecule has 0 bridgehead atoms. The van der Waals surface area contributed by atoms with Gasteiger partial charge in [-0.05, 0) is 28.8 Å². The summed E-state index contributed by atoms with van der Waals surface area (Å²) in [4.78, 5) is 12.8. The molecule has 122 valence electrons. The fraction of sp³-hybridized carbons (Fsp3) is 0.0909. The highest BCUT2D eigenvalue weighted by atomic mass is 16.5. The first-order valence-electron chi connectivity index (χ1n) is 8.03. The predicted molar refractivity (Wildman–Crippen MR) is 95.7 cm³/mol. The maximum Gasteiger partial charge on any atom is 0.318 e. The molecule has 0 saturated heterocycles. The van der Waals surface area contributed by atoms with Crippen LogP contribution < -0.4 is 0 Å². The number of benzene rings is 3. The van der Waals surface area contributed by atoms with Crippen LogP contribution in [0.15, 0.2) is 84.9 Å². The minimum atomic E-state index is -0.458. The maximum atomic E-state index is 12.8. The summed E-state index contributed by atoms with van der Waals surface area (Å²) in [6.45, 7) is 0.181. The molecule has 3 heteroatoms. The molecule has 0 aliphatic carbocycles. The van der Waals surface area contributed by atoms with Gasteiger partial charge in [-0.15, -0.1) is 0 Å². The zero-order chi connectivity index (χ0) is 17.5. The molecule has 3 rings (SSSR count). The number of carbonyl (C=O) groups excluding carboxylic acids is 1. The molecule has 0 fully saturated rings. The van der Waals surface area contributed by atoms with Crippen LogP contribution in [0, 0.1) is 11.3 Å². The molecule has 0 spiro atoms. The molecule has 0 aliphatic heterocycles. The average molecular weight is 327 g/mol. The molecule has 3 nitrogen and oxygen atoms in total. The van der Waals surface area contributed by atoms with Gasteiger partial charge in [0.1, 0.15) is 12.5 Å². The van der Waals surface area contributed by atoms with Gasteiger partial charge in [0.25, 0.3) is 0 Å². The molecule has 0 amide bonds. The number of ether oxygens (including phenoxy) is 1. The van der Waals surface area contributed by atoms with Gasteiger partial charge in [0, 0.05) is 0 Å². The van der Waals surface area contributed by atoms with Gasteiger partial charge < -0.3 is 4.74 Å². The van der Waals surface area contributed by atoms with Gasteiger partial charge in [-0.2, -0.15) is 5.26 Å². The van der Waals surface area contributed by atoms with E-state index in [0.29, 0.717) is 5.56 Å². The second-order valence-corrected chi connectivity index (χ2v) is 5.67. The van der Waals surface area contributed by atoms with E-state index < -0.39 is 5.92 Å². The maximum absolute atomic E-state index is 12.8. The highest BCUT2D eigenvalue weighted by Crippen LogP contribution is 2.26. The third-order valence-corrected chi connectivity index (χ3v) is 3.97. The van der Waals surface area contributed by atoms with E-state index in [4.69, 9.17) is 10.00 Å². The summed E-state index contributed by atoms with van der Waals surface area (Å²) in [7, 11) is 0. The van der Waals surface area contributed by atoms with Crippen molar-refractivity contribution in [1.82, 2.24) is 0 Å². The molecule has 0 aliphatic rings. The van der Waals surface area contributed by atoms with Gasteiger partial charge >= 0.3 is 5.97 Å². The predicted octanol–water partition coefficient (Wildman–Crippen LogP) is 4.43. The van der Waals surface area contributed by atoms with Crippen LogP contribution >= 0.6 is 0 Å². The van der Waals surface area contributed by atoms with Crippen LogP contribution in [0.1, 0.15) is 28.2 Å². The Labute approximate surface area is 147 Å². The van der Waals surface area contributed by atoms with E-state index in [-0.39, 0.29) is 12.6 Å². The number of hydrogen-bond donors (Lipinski definition) is 0. The second-order valence-electron chi connectivity index (χ2n) is 5.67. The van der Waals surface area contributed by atoms with Crippen LogP contribution in [-0.2, 0) is 16.1 Å². The van der Waals surface area contributed by atoms with Crippen molar-refractivity contribution in [2.75, 3.05) is 0 Å². The van der Waals surface area contributed by atoms with Gasteiger partial charge in [-0.1, -0.05) is 72.8 Å². The molecule has 0 unspecified atom stereocenters. The molecule has 0 saturated carbocycles. The Morgan fingerprint density at radius 3 is 1.84 bits per heavy atom. The van der Waals surface area contributed by atoms with Gasteiger partial charge in [-0.25, -0.2) is 0 Å². The molecule has 0 radical (unpaired) electrons. The normalized spacial score (nSPS) is 10.2. The summed E-state index contributed by atoms with van der Waals surface area (Å²) in [5.41, 5.74) is 3.24. The van der Waals surface area contributed by atoms with Crippen molar-refractivity contribution in [3.05, 3.63) is 107 Å².